The summed E-state index contributed by atoms with van der Waals surface area (Å²) in [6.07, 6.45) is 10.5. The highest BCUT2D eigenvalue weighted by molar-refractivity contribution is 5.92. The summed E-state index contributed by atoms with van der Waals surface area (Å²) in [5.74, 6) is 0.992. The molecule has 0 radical (unpaired) electrons. The summed E-state index contributed by atoms with van der Waals surface area (Å²) >= 11 is 0. The lowest BCUT2D eigenvalue weighted by Gasteiger charge is -2.12. The third-order valence-corrected chi connectivity index (χ3v) is 3.45. The van der Waals surface area contributed by atoms with Gasteiger partial charge < -0.3 is 4.74 Å². The van der Waals surface area contributed by atoms with Gasteiger partial charge in [0.1, 0.15) is 11.5 Å². The van der Waals surface area contributed by atoms with Crippen LogP contribution in [0.3, 0.4) is 0 Å². The number of carbonyl (C=O) groups is 1. The number of ether oxygens (including phenoxy) is 1. The second-order valence-corrected chi connectivity index (χ2v) is 4.57. The van der Waals surface area contributed by atoms with Crippen molar-refractivity contribution in [3.8, 4) is 5.75 Å². The zero-order valence-corrected chi connectivity index (χ0v) is 10.2. The van der Waals surface area contributed by atoms with Gasteiger partial charge in [0.25, 0.3) is 0 Å². The third-order valence-electron chi connectivity index (χ3n) is 3.45. The number of ketones is 1. The van der Waals surface area contributed by atoms with Crippen LogP contribution in [-0.4, -0.2) is 12.9 Å². The number of Topliss-reactive ketones (excluding diaryl/α,β-unsaturated/α-hetero) is 1. The number of hydrogen-bond acceptors (Lipinski definition) is 2. The van der Waals surface area contributed by atoms with Crippen molar-refractivity contribution < 1.29 is 9.53 Å². The monoisotopic (exact) mass is 238 g/mol. The normalized spacial score (nSPS) is 20.8. The second-order valence-electron chi connectivity index (χ2n) is 4.57. The summed E-state index contributed by atoms with van der Waals surface area (Å²) in [5, 5.41) is 0. The first kappa shape index (κ1) is 11.0. The van der Waals surface area contributed by atoms with Crippen molar-refractivity contribution in [3.05, 3.63) is 59.2 Å². The van der Waals surface area contributed by atoms with E-state index in [2.05, 4.69) is 6.08 Å². The predicted octanol–water partition coefficient (Wildman–Crippen LogP) is 2.95. The molecule has 0 saturated heterocycles. The van der Waals surface area contributed by atoms with Crippen molar-refractivity contribution in [1.82, 2.24) is 0 Å². The van der Waals surface area contributed by atoms with Crippen molar-refractivity contribution in [1.29, 1.82) is 0 Å². The fourth-order valence-electron chi connectivity index (χ4n) is 2.46. The molecule has 0 heterocycles. The molecule has 90 valence electrons. The Morgan fingerprint density at radius 1 is 1.28 bits per heavy atom. The maximum absolute atomic E-state index is 12.2. The van der Waals surface area contributed by atoms with E-state index in [4.69, 9.17) is 4.74 Å². The molecule has 0 fully saturated rings. The summed E-state index contributed by atoms with van der Waals surface area (Å²) in [6.45, 7) is 0. The van der Waals surface area contributed by atoms with Gasteiger partial charge in [-0.3, -0.25) is 4.79 Å². The van der Waals surface area contributed by atoms with Crippen LogP contribution in [0.1, 0.15) is 11.1 Å². The van der Waals surface area contributed by atoms with Crippen molar-refractivity contribution in [2.24, 2.45) is 5.92 Å². The number of carbonyl (C=O) groups excluding carboxylic acids is 1. The highest BCUT2D eigenvalue weighted by Crippen LogP contribution is 2.30. The largest absolute Gasteiger partial charge is 0.497 e. The lowest BCUT2D eigenvalue weighted by molar-refractivity contribution is -0.119. The van der Waals surface area contributed by atoms with Crippen LogP contribution < -0.4 is 4.74 Å². The smallest absolute Gasteiger partial charge is 0.148 e. The first-order valence-corrected chi connectivity index (χ1v) is 6.04. The number of allylic oxidation sites excluding steroid dienone is 5. The Morgan fingerprint density at radius 3 is 3.00 bits per heavy atom. The van der Waals surface area contributed by atoms with E-state index in [9.17, 15) is 4.79 Å². The molecule has 1 aromatic carbocycles. The molecule has 0 spiro atoms. The number of benzene rings is 1. The number of rotatable bonds is 1. The minimum absolute atomic E-state index is 0.0894. The molecular formula is C16H14O2. The molecule has 0 aliphatic heterocycles. The van der Waals surface area contributed by atoms with Crippen molar-refractivity contribution in [2.75, 3.05) is 7.11 Å². The molecule has 18 heavy (non-hydrogen) atoms. The molecule has 2 aliphatic rings. The number of fused-ring (bicyclic) bond motifs is 2. The van der Waals surface area contributed by atoms with Gasteiger partial charge >= 0.3 is 0 Å². The summed E-state index contributed by atoms with van der Waals surface area (Å²) in [6, 6.07) is 5.88. The van der Waals surface area contributed by atoms with Gasteiger partial charge in [0.2, 0.25) is 0 Å². The van der Waals surface area contributed by atoms with Crippen LogP contribution in [0, 0.1) is 5.92 Å². The summed E-state index contributed by atoms with van der Waals surface area (Å²) in [5.41, 5.74) is 3.22. The molecule has 2 nitrogen and oxygen atoms in total. The van der Waals surface area contributed by atoms with Crippen molar-refractivity contribution >= 4 is 11.9 Å². The first-order chi connectivity index (χ1) is 8.78. The molecule has 2 heteroatoms. The summed E-state index contributed by atoms with van der Waals surface area (Å²) < 4.78 is 5.24. The molecule has 0 saturated carbocycles. The van der Waals surface area contributed by atoms with E-state index in [1.165, 1.54) is 0 Å². The molecule has 3 rings (SSSR count). The second kappa shape index (κ2) is 4.30. The molecule has 2 aliphatic carbocycles. The number of hydrogen-bond donors (Lipinski definition) is 0. The van der Waals surface area contributed by atoms with Crippen LogP contribution in [0.5, 0.6) is 5.75 Å². The molecular weight excluding hydrogens is 224 g/mol. The first-order valence-electron chi connectivity index (χ1n) is 6.04. The minimum atomic E-state index is -0.0894. The van der Waals surface area contributed by atoms with E-state index in [1.807, 2.05) is 42.5 Å². The van der Waals surface area contributed by atoms with Gasteiger partial charge in [-0.1, -0.05) is 36.4 Å². The molecule has 0 aromatic heterocycles. The Balaban J connectivity index is 2.13. The topological polar surface area (TPSA) is 26.3 Å². The summed E-state index contributed by atoms with van der Waals surface area (Å²) in [7, 11) is 1.66. The maximum atomic E-state index is 12.2. The molecule has 1 atom stereocenters. The number of methoxy groups -OCH3 is 1. The quantitative estimate of drug-likeness (QED) is 0.752. The van der Waals surface area contributed by atoms with E-state index < -0.39 is 0 Å². The van der Waals surface area contributed by atoms with E-state index in [0.717, 1.165) is 22.4 Å². The molecule has 1 unspecified atom stereocenters. The fourth-order valence-corrected chi connectivity index (χ4v) is 2.46. The van der Waals surface area contributed by atoms with Gasteiger partial charge in [-0.15, -0.1) is 0 Å². The molecule has 0 N–H and O–H groups in total. The van der Waals surface area contributed by atoms with Crippen LogP contribution in [0.25, 0.3) is 6.08 Å². The standard InChI is InChI=1S/C16H14O2/c1-18-14-7-6-11-10-16(17)15-5-3-2-4-12(15)8-13(11)9-14/h2-9,15H,10H2,1H3. The van der Waals surface area contributed by atoms with Gasteiger partial charge in [-0.2, -0.15) is 0 Å². The maximum Gasteiger partial charge on any atom is 0.148 e. The van der Waals surface area contributed by atoms with Crippen LogP contribution >= 0.6 is 0 Å². The molecule has 0 bridgehead atoms. The SMILES string of the molecule is COc1ccc2c(c1)C=C1C=CC=CC1C(=O)C2. The van der Waals surface area contributed by atoms with Crippen molar-refractivity contribution in [2.45, 2.75) is 6.42 Å². The van der Waals surface area contributed by atoms with Crippen LogP contribution in [0.2, 0.25) is 0 Å². The minimum Gasteiger partial charge on any atom is -0.497 e. The lowest BCUT2D eigenvalue weighted by Crippen LogP contribution is -2.15. The predicted molar refractivity (Wildman–Crippen MR) is 71.5 cm³/mol. The van der Waals surface area contributed by atoms with Crippen molar-refractivity contribution in [3.63, 3.8) is 0 Å². The van der Waals surface area contributed by atoms with Crippen LogP contribution in [-0.2, 0) is 11.2 Å². The Labute approximate surface area is 106 Å². The van der Waals surface area contributed by atoms with Gasteiger partial charge in [0.05, 0.1) is 13.0 Å². The average Bonchev–Trinajstić information content (AvgIpc) is 2.54. The van der Waals surface area contributed by atoms with Crippen LogP contribution in [0.4, 0.5) is 0 Å². The van der Waals surface area contributed by atoms with E-state index in [-0.39, 0.29) is 11.7 Å². The van der Waals surface area contributed by atoms with Gasteiger partial charge in [0.15, 0.2) is 0 Å². The highest BCUT2D eigenvalue weighted by atomic mass is 16.5. The third kappa shape index (κ3) is 1.80. The van der Waals surface area contributed by atoms with Gasteiger partial charge in [0, 0.05) is 6.42 Å². The zero-order valence-electron chi connectivity index (χ0n) is 10.2. The van der Waals surface area contributed by atoms with E-state index in [0.29, 0.717) is 6.42 Å². The van der Waals surface area contributed by atoms with E-state index >= 15 is 0 Å². The zero-order chi connectivity index (χ0) is 12.5. The summed E-state index contributed by atoms with van der Waals surface area (Å²) in [4.78, 5) is 12.2. The molecule has 1 aromatic rings. The Kier molecular flexibility index (Phi) is 2.63. The molecule has 0 amide bonds. The Hall–Kier alpha value is -2.09. The van der Waals surface area contributed by atoms with E-state index in [1.54, 1.807) is 7.11 Å². The van der Waals surface area contributed by atoms with Gasteiger partial charge in [-0.25, -0.2) is 0 Å². The Bertz CT molecular complexity index is 591. The van der Waals surface area contributed by atoms with Crippen LogP contribution in [0.15, 0.2) is 48.1 Å². The van der Waals surface area contributed by atoms with Gasteiger partial charge in [-0.05, 0) is 28.8 Å². The Morgan fingerprint density at radius 2 is 2.17 bits per heavy atom. The fraction of sp³-hybridized carbons (Fsp3) is 0.188. The highest BCUT2D eigenvalue weighted by Gasteiger charge is 2.24. The lowest BCUT2D eigenvalue weighted by atomic mass is 9.90. The average molecular weight is 238 g/mol.